The van der Waals surface area contributed by atoms with E-state index in [4.69, 9.17) is 0 Å². The minimum atomic E-state index is -5.32. The lowest BCUT2D eigenvalue weighted by Gasteiger charge is -2.30. The number of amides is 3. The number of carbonyl (C=O) groups is 2. The monoisotopic (exact) mass is 370 g/mol. The Bertz CT molecular complexity index is 701. The maximum atomic E-state index is 13.4. The van der Waals surface area contributed by atoms with Crippen LogP contribution >= 0.6 is 0 Å². The first kappa shape index (κ1) is 19.0. The van der Waals surface area contributed by atoms with Crippen LogP contribution in [-0.4, -0.2) is 29.9 Å². The summed E-state index contributed by atoms with van der Waals surface area (Å²) in [4.78, 5) is 24.2. The van der Waals surface area contributed by atoms with Crippen LogP contribution in [0.2, 0.25) is 0 Å². The topological polar surface area (TPSA) is 58.6 Å². The van der Waals surface area contributed by atoms with Crippen LogP contribution in [0.1, 0.15) is 19.4 Å². The van der Waals surface area contributed by atoms with Gasteiger partial charge in [0.25, 0.3) is 5.91 Å². The molecule has 1 aliphatic rings. The Morgan fingerprint density at radius 3 is 2.20 bits per heavy atom. The van der Waals surface area contributed by atoms with Gasteiger partial charge in [-0.05, 0) is 32.0 Å². The zero-order valence-electron chi connectivity index (χ0n) is 12.8. The van der Waals surface area contributed by atoms with Gasteiger partial charge in [-0.15, -0.1) is 0 Å². The van der Waals surface area contributed by atoms with E-state index in [2.05, 4.69) is 4.74 Å². The van der Waals surface area contributed by atoms with Crippen molar-refractivity contribution in [3.63, 3.8) is 0 Å². The number of urea groups is 1. The SMILES string of the molecule is CC(C)O[C@]1(C(F)(F)F)NC(=O)N(c2cccc(C(F)(F)F)c2)C1=O. The Kier molecular flexibility index (Phi) is 4.49. The molecular weight excluding hydrogens is 358 g/mol. The number of hydrogen-bond donors (Lipinski definition) is 1. The predicted molar refractivity (Wildman–Crippen MR) is 72.5 cm³/mol. The molecule has 1 aromatic rings. The van der Waals surface area contributed by atoms with Crippen LogP contribution in [0, 0.1) is 0 Å². The lowest BCUT2D eigenvalue weighted by Crippen LogP contribution is -2.61. The first-order chi connectivity index (χ1) is 11.3. The average Bonchev–Trinajstić information content (AvgIpc) is 2.69. The third-order valence-electron chi connectivity index (χ3n) is 3.23. The number of imide groups is 1. The van der Waals surface area contributed by atoms with Crippen LogP contribution in [-0.2, 0) is 15.7 Å². The van der Waals surface area contributed by atoms with Crippen molar-refractivity contribution in [2.45, 2.75) is 38.0 Å². The van der Waals surface area contributed by atoms with Crippen molar-refractivity contribution in [3.8, 4) is 0 Å². The van der Waals surface area contributed by atoms with Crippen LogP contribution in [0.4, 0.5) is 36.8 Å². The molecule has 0 bridgehead atoms. The van der Waals surface area contributed by atoms with Crippen molar-refractivity contribution in [3.05, 3.63) is 29.8 Å². The molecule has 1 fully saturated rings. The van der Waals surface area contributed by atoms with Gasteiger partial charge in [0.05, 0.1) is 17.4 Å². The quantitative estimate of drug-likeness (QED) is 0.655. The second-order valence-corrected chi connectivity index (χ2v) is 5.46. The number of nitrogens with zero attached hydrogens (tertiary/aromatic N) is 1. The summed E-state index contributed by atoms with van der Waals surface area (Å²) in [6.07, 6.45) is -11.2. The molecule has 5 nitrogen and oxygen atoms in total. The van der Waals surface area contributed by atoms with Gasteiger partial charge in [-0.3, -0.25) is 10.1 Å². The summed E-state index contributed by atoms with van der Waals surface area (Å²) >= 11 is 0. The number of anilines is 1. The number of hydrogen-bond acceptors (Lipinski definition) is 3. The molecule has 0 saturated carbocycles. The highest BCUT2D eigenvalue weighted by Crippen LogP contribution is 2.40. The number of nitrogens with one attached hydrogen (secondary N) is 1. The van der Waals surface area contributed by atoms with Crippen molar-refractivity contribution in [2.75, 3.05) is 4.90 Å². The van der Waals surface area contributed by atoms with E-state index in [1.165, 1.54) is 19.2 Å². The third-order valence-corrected chi connectivity index (χ3v) is 3.23. The van der Waals surface area contributed by atoms with E-state index in [0.717, 1.165) is 12.1 Å². The van der Waals surface area contributed by atoms with Crippen LogP contribution in [0.3, 0.4) is 0 Å². The molecule has 138 valence electrons. The summed E-state index contributed by atoms with van der Waals surface area (Å²) in [6.45, 7) is 2.42. The van der Waals surface area contributed by atoms with Gasteiger partial charge in [0.15, 0.2) is 0 Å². The molecule has 1 atom stereocenters. The molecular formula is C14H12F6N2O3. The first-order valence-corrected chi connectivity index (χ1v) is 6.88. The van der Waals surface area contributed by atoms with E-state index in [1.807, 2.05) is 0 Å². The fourth-order valence-electron chi connectivity index (χ4n) is 2.26. The molecule has 0 radical (unpaired) electrons. The van der Waals surface area contributed by atoms with Gasteiger partial charge in [0, 0.05) is 0 Å². The summed E-state index contributed by atoms with van der Waals surface area (Å²) in [5, 5.41) is 1.40. The standard InChI is InChI=1S/C14H12F6N2O3/c1-7(2)25-12(14(18,19)20)10(23)22(11(24)21-12)9-5-3-4-8(6-9)13(15,16)17/h3-7H,1-2H3,(H,21,24)/t12-/m1/s1. The normalized spacial score (nSPS) is 21.9. The van der Waals surface area contributed by atoms with E-state index in [9.17, 15) is 35.9 Å². The van der Waals surface area contributed by atoms with E-state index in [1.54, 1.807) is 0 Å². The molecule has 3 amide bonds. The molecule has 2 rings (SSSR count). The molecule has 1 aromatic carbocycles. The van der Waals surface area contributed by atoms with Crippen LogP contribution in [0.5, 0.6) is 0 Å². The number of alkyl halides is 6. The minimum absolute atomic E-state index is 0.0227. The number of ether oxygens (including phenoxy) is 1. The molecule has 11 heteroatoms. The zero-order valence-corrected chi connectivity index (χ0v) is 12.8. The minimum Gasteiger partial charge on any atom is -0.337 e. The Labute approximate surface area is 137 Å². The zero-order chi connectivity index (χ0) is 19.2. The third kappa shape index (κ3) is 3.28. The van der Waals surface area contributed by atoms with Gasteiger partial charge in [-0.1, -0.05) is 6.07 Å². The first-order valence-electron chi connectivity index (χ1n) is 6.88. The molecule has 1 N–H and O–H groups in total. The maximum Gasteiger partial charge on any atom is 0.446 e. The maximum absolute atomic E-state index is 13.4. The number of carbonyl (C=O) groups excluding carboxylic acids is 2. The van der Waals surface area contributed by atoms with Gasteiger partial charge in [-0.2, -0.15) is 26.3 Å². The lowest BCUT2D eigenvalue weighted by atomic mass is 10.1. The number of rotatable bonds is 3. The van der Waals surface area contributed by atoms with E-state index in [-0.39, 0.29) is 4.90 Å². The van der Waals surface area contributed by atoms with E-state index in [0.29, 0.717) is 12.1 Å². The lowest BCUT2D eigenvalue weighted by molar-refractivity contribution is -0.277. The molecule has 25 heavy (non-hydrogen) atoms. The van der Waals surface area contributed by atoms with Crippen molar-refractivity contribution >= 4 is 17.6 Å². The summed E-state index contributed by atoms with van der Waals surface area (Å²) in [7, 11) is 0. The van der Waals surface area contributed by atoms with Crippen LogP contribution < -0.4 is 10.2 Å². The molecule has 0 aromatic heterocycles. The summed E-state index contributed by atoms with van der Waals surface area (Å²) in [5.41, 5.74) is -5.54. The summed E-state index contributed by atoms with van der Waals surface area (Å²) < 4.78 is 83.1. The van der Waals surface area contributed by atoms with Crippen molar-refractivity contribution in [2.24, 2.45) is 0 Å². The molecule has 0 unspecified atom stereocenters. The molecule has 0 aliphatic carbocycles. The van der Waals surface area contributed by atoms with Gasteiger partial charge in [-0.25, -0.2) is 9.69 Å². The molecule has 1 heterocycles. The molecule has 0 spiro atoms. The number of benzene rings is 1. The van der Waals surface area contributed by atoms with E-state index >= 15 is 0 Å². The van der Waals surface area contributed by atoms with Crippen LogP contribution in [0.25, 0.3) is 0 Å². The highest BCUT2D eigenvalue weighted by atomic mass is 19.4. The van der Waals surface area contributed by atoms with Gasteiger partial charge in [0.1, 0.15) is 0 Å². The molecule has 1 saturated heterocycles. The van der Waals surface area contributed by atoms with Crippen molar-refractivity contribution in [1.82, 2.24) is 5.32 Å². The van der Waals surface area contributed by atoms with Crippen LogP contribution in [0.15, 0.2) is 24.3 Å². The Morgan fingerprint density at radius 2 is 1.72 bits per heavy atom. The summed E-state index contributed by atoms with van der Waals surface area (Å²) in [6, 6.07) is 1.30. The fraction of sp³-hybridized carbons (Fsp3) is 0.429. The Hall–Kier alpha value is -2.30. The highest BCUT2D eigenvalue weighted by Gasteiger charge is 2.70. The van der Waals surface area contributed by atoms with Gasteiger partial charge < -0.3 is 4.74 Å². The predicted octanol–water partition coefficient (Wildman–Crippen LogP) is 3.45. The highest BCUT2D eigenvalue weighted by molar-refractivity contribution is 6.23. The smallest absolute Gasteiger partial charge is 0.337 e. The van der Waals surface area contributed by atoms with Crippen molar-refractivity contribution in [1.29, 1.82) is 0 Å². The number of halogens is 6. The van der Waals surface area contributed by atoms with Gasteiger partial charge in [0.2, 0.25) is 0 Å². The molecule has 1 aliphatic heterocycles. The average molecular weight is 370 g/mol. The van der Waals surface area contributed by atoms with Gasteiger partial charge >= 0.3 is 24.1 Å². The Morgan fingerprint density at radius 1 is 1.12 bits per heavy atom. The second-order valence-electron chi connectivity index (χ2n) is 5.46. The Balaban J connectivity index is 2.51. The van der Waals surface area contributed by atoms with E-state index < -0.39 is 47.4 Å². The second kappa shape index (κ2) is 5.90. The largest absolute Gasteiger partial charge is 0.446 e. The van der Waals surface area contributed by atoms with Crippen molar-refractivity contribution < 1.29 is 40.7 Å². The fourth-order valence-corrected chi connectivity index (χ4v) is 2.26. The summed E-state index contributed by atoms with van der Waals surface area (Å²) in [5.74, 6) is -1.86.